The number of likely N-dealkylation sites (tertiary alicyclic amines) is 1. The third-order valence-electron chi connectivity index (χ3n) is 4.98. The van der Waals surface area contributed by atoms with Crippen LogP contribution in [0.3, 0.4) is 0 Å². The largest absolute Gasteiger partial charge is 0.305 e. The second-order valence-corrected chi connectivity index (χ2v) is 6.18. The van der Waals surface area contributed by atoms with Gasteiger partial charge in [0.25, 0.3) is 0 Å². The Bertz CT molecular complexity index is 366. The second kappa shape index (κ2) is 4.34. The van der Waals surface area contributed by atoms with Crippen LogP contribution in [-0.4, -0.2) is 35.3 Å². The van der Waals surface area contributed by atoms with Crippen molar-refractivity contribution in [1.82, 2.24) is 10.2 Å². The third-order valence-corrected chi connectivity index (χ3v) is 4.98. The maximum atomic E-state index is 12.2. The van der Waals surface area contributed by atoms with Crippen molar-refractivity contribution in [2.75, 3.05) is 6.54 Å². The van der Waals surface area contributed by atoms with Crippen LogP contribution in [0.2, 0.25) is 0 Å². The summed E-state index contributed by atoms with van der Waals surface area (Å²) in [5.41, 5.74) is 0.399. The van der Waals surface area contributed by atoms with E-state index in [1.807, 2.05) is 0 Å². The van der Waals surface area contributed by atoms with Crippen LogP contribution >= 0.6 is 0 Å². The Morgan fingerprint density at radius 1 is 1.33 bits per heavy atom. The summed E-state index contributed by atoms with van der Waals surface area (Å²) in [4.78, 5) is 25.5. The number of hydrogen-bond donors (Lipinski definition) is 1. The lowest BCUT2D eigenvalue weighted by Gasteiger charge is -2.42. The van der Waals surface area contributed by atoms with Gasteiger partial charge in [-0.1, -0.05) is 13.3 Å². The SMILES string of the molecule is CCC1(CNC2CC(=O)N(C3CC3)C2=O)CCC1. The second-order valence-electron chi connectivity index (χ2n) is 6.18. The molecule has 100 valence electrons. The number of amides is 2. The Labute approximate surface area is 108 Å². The highest BCUT2D eigenvalue weighted by atomic mass is 16.2. The van der Waals surface area contributed by atoms with Crippen LogP contribution in [0.4, 0.5) is 0 Å². The summed E-state index contributed by atoms with van der Waals surface area (Å²) in [6, 6.07) is -0.0252. The molecule has 0 aromatic rings. The number of rotatable bonds is 5. The molecule has 0 radical (unpaired) electrons. The van der Waals surface area contributed by atoms with Crippen molar-refractivity contribution < 1.29 is 9.59 Å². The molecule has 2 aliphatic carbocycles. The molecule has 18 heavy (non-hydrogen) atoms. The van der Waals surface area contributed by atoms with Gasteiger partial charge in [0.05, 0.1) is 12.5 Å². The van der Waals surface area contributed by atoms with Gasteiger partial charge in [-0.05, 0) is 37.5 Å². The minimum absolute atomic E-state index is 0.0214. The predicted molar refractivity (Wildman–Crippen MR) is 67.9 cm³/mol. The molecule has 1 aliphatic heterocycles. The summed E-state index contributed by atoms with van der Waals surface area (Å²) in [7, 11) is 0. The summed E-state index contributed by atoms with van der Waals surface area (Å²) >= 11 is 0. The van der Waals surface area contributed by atoms with Gasteiger partial charge in [0.2, 0.25) is 11.8 Å². The summed E-state index contributed by atoms with van der Waals surface area (Å²) in [5, 5.41) is 3.36. The van der Waals surface area contributed by atoms with Crippen LogP contribution in [-0.2, 0) is 9.59 Å². The molecular weight excluding hydrogens is 228 g/mol. The highest BCUT2D eigenvalue weighted by Gasteiger charge is 2.46. The average molecular weight is 250 g/mol. The van der Waals surface area contributed by atoms with E-state index in [9.17, 15) is 9.59 Å². The number of nitrogens with one attached hydrogen (secondary N) is 1. The Morgan fingerprint density at radius 2 is 2.06 bits per heavy atom. The molecule has 0 aromatic heterocycles. The van der Waals surface area contributed by atoms with Crippen molar-refractivity contribution in [2.45, 2.75) is 64.0 Å². The topological polar surface area (TPSA) is 49.4 Å². The molecule has 2 saturated carbocycles. The van der Waals surface area contributed by atoms with Gasteiger partial charge in [-0.15, -0.1) is 0 Å². The minimum Gasteiger partial charge on any atom is -0.305 e. The Kier molecular flexibility index (Phi) is 2.93. The first kappa shape index (κ1) is 12.2. The zero-order valence-corrected chi connectivity index (χ0v) is 11.1. The fourth-order valence-electron chi connectivity index (χ4n) is 3.20. The molecule has 0 bridgehead atoms. The molecule has 1 unspecified atom stereocenters. The van der Waals surface area contributed by atoms with E-state index in [1.165, 1.54) is 30.6 Å². The van der Waals surface area contributed by atoms with Crippen molar-refractivity contribution in [3.05, 3.63) is 0 Å². The van der Waals surface area contributed by atoms with Crippen LogP contribution < -0.4 is 5.32 Å². The molecular formula is C14H22N2O2. The minimum atomic E-state index is -0.248. The van der Waals surface area contributed by atoms with Gasteiger partial charge in [0, 0.05) is 12.6 Å². The van der Waals surface area contributed by atoms with Crippen molar-refractivity contribution in [2.24, 2.45) is 5.41 Å². The number of hydrogen-bond acceptors (Lipinski definition) is 3. The lowest BCUT2D eigenvalue weighted by Crippen LogP contribution is -2.46. The first-order chi connectivity index (χ1) is 8.65. The standard InChI is InChI=1S/C14H22N2O2/c1-2-14(6-3-7-14)9-15-11-8-12(17)16(13(11)18)10-4-5-10/h10-11,15H,2-9H2,1H3. The van der Waals surface area contributed by atoms with Gasteiger partial charge in [-0.2, -0.15) is 0 Å². The van der Waals surface area contributed by atoms with Crippen molar-refractivity contribution in [3.8, 4) is 0 Å². The molecule has 3 aliphatic rings. The van der Waals surface area contributed by atoms with E-state index in [0.717, 1.165) is 19.4 Å². The number of carbonyl (C=O) groups is 2. The summed E-state index contributed by atoms with van der Waals surface area (Å²) in [6.07, 6.45) is 7.37. The van der Waals surface area contributed by atoms with E-state index < -0.39 is 0 Å². The molecule has 4 heteroatoms. The first-order valence-electron chi connectivity index (χ1n) is 7.24. The van der Waals surface area contributed by atoms with E-state index in [-0.39, 0.29) is 23.9 Å². The van der Waals surface area contributed by atoms with Crippen molar-refractivity contribution in [1.29, 1.82) is 0 Å². The zero-order valence-electron chi connectivity index (χ0n) is 11.1. The van der Waals surface area contributed by atoms with Gasteiger partial charge in [-0.25, -0.2) is 0 Å². The average Bonchev–Trinajstić information content (AvgIpc) is 3.07. The van der Waals surface area contributed by atoms with E-state index in [2.05, 4.69) is 12.2 Å². The summed E-state index contributed by atoms with van der Waals surface area (Å²) in [6.45, 7) is 3.12. The first-order valence-corrected chi connectivity index (χ1v) is 7.24. The fraction of sp³-hybridized carbons (Fsp3) is 0.857. The molecule has 1 heterocycles. The van der Waals surface area contributed by atoms with Gasteiger partial charge >= 0.3 is 0 Å². The lowest BCUT2D eigenvalue weighted by molar-refractivity contribution is -0.139. The smallest absolute Gasteiger partial charge is 0.247 e. The summed E-state index contributed by atoms with van der Waals surface area (Å²) in [5.74, 6) is 0.0484. The molecule has 2 amide bonds. The number of imide groups is 1. The van der Waals surface area contributed by atoms with E-state index in [4.69, 9.17) is 0 Å². The van der Waals surface area contributed by atoms with Gasteiger partial charge in [-0.3, -0.25) is 14.5 Å². The van der Waals surface area contributed by atoms with E-state index in [0.29, 0.717) is 11.8 Å². The monoisotopic (exact) mass is 250 g/mol. The highest BCUT2D eigenvalue weighted by molar-refractivity contribution is 6.06. The third kappa shape index (κ3) is 1.96. The van der Waals surface area contributed by atoms with Crippen molar-refractivity contribution >= 4 is 11.8 Å². The molecule has 0 aromatic carbocycles. The highest BCUT2D eigenvalue weighted by Crippen LogP contribution is 2.43. The quantitative estimate of drug-likeness (QED) is 0.751. The predicted octanol–water partition coefficient (Wildman–Crippen LogP) is 1.45. The van der Waals surface area contributed by atoms with Gasteiger partial charge in [0.1, 0.15) is 0 Å². The molecule has 1 N–H and O–H groups in total. The van der Waals surface area contributed by atoms with Crippen LogP contribution in [0.15, 0.2) is 0 Å². The normalized spacial score (nSPS) is 30.7. The molecule has 4 nitrogen and oxygen atoms in total. The Hall–Kier alpha value is -0.900. The van der Waals surface area contributed by atoms with Gasteiger partial charge < -0.3 is 5.32 Å². The lowest BCUT2D eigenvalue weighted by atomic mass is 9.67. The van der Waals surface area contributed by atoms with E-state index in [1.54, 1.807) is 0 Å². The van der Waals surface area contributed by atoms with Crippen LogP contribution in [0.1, 0.15) is 51.9 Å². The van der Waals surface area contributed by atoms with Gasteiger partial charge in [0.15, 0.2) is 0 Å². The zero-order chi connectivity index (χ0) is 12.8. The van der Waals surface area contributed by atoms with Crippen molar-refractivity contribution in [3.63, 3.8) is 0 Å². The molecule has 1 atom stereocenters. The van der Waals surface area contributed by atoms with E-state index >= 15 is 0 Å². The number of carbonyl (C=O) groups excluding carboxylic acids is 2. The Morgan fingerprint density at radius 3 is 2.56 bits per heavy atom. The number of nitrogens with zero attached hydrogens (tertiary/aromatic N) is 1. The van der Waals surface area contributed by atoms with Crippen LogP contribution in [0.5, 0.6) is 0 Å². The maximum absolute atomic E-state index is 12.2. The molecule has 1 saturated heterocycles. The fourth-order valence-corrected chi connectivity index (χ4v) is 3.20. The van der Waals surface area contributed by atoms with Crippen LogP contribution in [0, 0.1) is 5.41 Å². The molecule has 0 spiro atoms. The Balaban J connectivity index is 1.57. The molecule has 3 fully saturated rings. The maximum Gasteiger partial charge on any atom is 0.247 e. The van der Waals surface area contributed by atoms with Crippen LogP contribution in [0.25, 0.3) is 0 Å². The molecule has 3 rings (SSSR count). The summed E-state index contributed by atoms with van der Waals surface area (Å²) < 4.78 is 0.